The second-order valence-corrected chi connectivity index (χ2v) is 1.34. The molecule has 0 fully saturated rings. The standard InChI is InChI=1S/Na.H2O4S.H2S.H/c;1-5(2,3)4;;/h;(H2,1,2,3,4);1H2;/q+1;;;-1. The van der Waals surface area contributed by atoms with E-state index in [9.17, 15) is 0 Å². The van der Waals surface area contributed by atoms with Crippen LogP contribution in [0.15, 0.2) is 0 Å². The molecule has 0 unspecified atom stereocenters. The molecule has 0 atom stereocenters. The minimum absolute atomic E-state index is 0. The molecule has 0 saturated heterocycles. The molecule has 4 nitrogen and oxygen atoms in total. The van der Waals surface area contributed by atoms with Crippen molar-refractivity contribution in [3.05, 3.63) is 0 Å². The van der Waals surface area contributed by atoms with E-state index in [-0.39, 0.29) is 44.5 Å². The predicted octanol–water partition coefficient (Wildman–Crippen LogP) is -3.42. The van der Waals surface area contributed by atoms with E-state index in [0.717, 1.165) is 0 Å². The van der Waals surface area contributed by atoms with E-state index in [1.54, 1.807) is 0 Å². The van der Waals surface area contributed by atoms with Gasteiger partial charge in [0, 0.05) is 0 Å². The zero-order valence-corrected chi connectivity index (χ0v) is 7.44. The van der Waals surface area contributed by atoms with Gasteiger partial charge in [0.1, 0.15) is 0 Å². The van der Waals surface area contributed by atoms with Crippen molar-refractivity contribution in [3.8, 4) is 0 Å². The summed E-state index contributed by atoms with van der Waals surface area (Å²) in [5.41, 5.74) is 0. The van der Waals surface area contributed by atoms with Gasteiger partial charge in [-0.1, -0.05) is 0 Å². The molecule has 0 bridgehead atoms. The van der Waals surface area contributed by atoms with Crippen molar-refractivity contribution in [3.63, 3.8) is 0 Å². The monoisotopic (exact) mass is 156 g/mol. The minimum atomic E-state index is -4.67. The fourth-order valence-electron chi connectivity index (χ4n) is 0. The third-order valence-corrected chi connectivity index (χ3v) is 0. The maximum atomic E-state index is 8.74. The molecule has 0 aliphatic carbocycles. The number of rotatable bonds is 0. The Bertz CT molecular complexity index is 97.2. The SMILES string of the molecule is O=S(=O)(O)O.S.[H-].[Na+]. The summed E-state index contributed by atoms with van der Waals surface area (Å²) in [4.78, 5) is 0. The molecule has 2 N–H and O–H groups in total. The van der Waals surface area contributed by atoms with E-state index < -0.39 is 10.4 Å². The van der Waals surface area contributed by atoms with Crippen molar-refractivity contribution in [2.75, 3.05) is 0 Å². The van der Waals surface area contributed by atoms with Crippen molar-refractivity contribution in [2.24, 2.45) is 0 Å². The van der Waals surface area contributed by atoms with E-state index in [2.05, 4.69) is 0 Å². The molecule has 0 saturated carbocycles. The molecule has 42 valence electrons. The summed E-state index contributed by atoms with van der Waals surface area (Å²) in [6.07, 6.45) is 0. The zero-order valence-electron chi connectivity index (χ0n) is 4.62. The summed E-state index contributed by atoms with van der Waals surface area (Å²) in [6, 6.07) is 0. The third kappa shape index (κ3) is 132. The quantitative estimate of drug-likeness (QED) is 0.283. The molecular weight excluding hydrogens is 151 g/mol. The van der Waals surface area contributed by atoms with Gasteiger partial charge < -0.3 is 1.43 Å². The molecule has 0 heterocycles. The first-order valence-corrected chi connectivity index (χ1v) is 2.10. The summed E-state index contributed by atoms with van der Waals surface area (Å²) in [6.45, 7) is 0. The topological polar surface area (TPSA) is 74.6 Å². The minimum Gasteiger partial charge on any atom is -1.00 e. The molecule has 0 aliphatic heterocycles. The van der Waals surface area contributed by atoms with Gasteiger partial charge in [-0.25, -0.2) is 0 Å². The maximum absolute atomic E-state index is 8.74. The number of hydrogen-bond acceptors (Lipinski definition) is 2. The Morgan fingerprint density at radius 3 is 1.29 bits per heavy atom. The molecule has 0 spiro atoms. The van der Waals surface area contributed by atoms with Gasteiger partial charge in [-0.05, 0) is 0 Å². The Morgan fingerprint density at radius 1 is 1.29 bits per heavy atom. The first-order chi connectivity index (χ1) is 2.00. The van der Waals surface area contributed by atoms with Gasteiger partial charge in [-0.3, -0.25) is 9.11 Å². The van der Waals surface area contributed by atoms with Crippen LogP contribution in [-0.2, 0) is 10.4 Å². The smallest absolute Gasteiger partial charge is 1.00 e. The van der Waals surface area contributed by atoms with Gasteiger partial charge in [0.05, 0.1) is 0 Å². The second-order valence-electron chi connectivity index (χ2n) is 0.448. The van der Waals surface area contributed by atoms with E-state index >= 15 is 0 Å². The van der Waals surface area contributed by atoms with Crippen LogP contribution in [0.25, 0.3) is 0 Å². The van der Waals surface area contributed by atoms with Crippen molar-refractivity contribution >= 4 is 23.9 Å². The van der Waals surface area contributed by atoms with Crippen LogP contribution in [0.5, 0.6) is 0 Å². The average Bonchev–Trinajstić information content (AvgIpc) is 0.722. The summed E-state index contributed by atoms with van der Waals surface area (Å²) >= 11 is 0. The fraction of sp³-hybridized carbons (Fsp3) is 0. The van der Waals surface area contributed by atoms with Crippen LogP contribution in [0.1, 0.15) is 1.43 Å². The predicted molar refractivity (Wildman–Crippen MR) is 25.7 cm³/mol. The van der Waals surface area contributed by atoms with Gasteiger partial charge in [0.25, 0.3) is 0 Å². The van der Waals surface area contributed by atoms with Crippen LogP contribution in [0, 0.1) is 0 Å². The average molecular weight is 156 g/mol. The Labute approximate surface area is 72.1 Å². The van der Waals surface area contributed by atoms with Crippen LogP contribution in [0.2, 0.25) is 0 Å². The van der Waals surface area contributed by atoms with Crippen LogP contribution in [0.4, 0.5) is 0 Å². The van der Waals surface area contributed by atoms with E-state index in [0.29, 0.717) is 0 Å². The second kappa shape index (κ2) is 5.36. The Hall–Kier alpha value is 1.22. The summed E-state index contributed by atoms with van der Waals surface area (Å²) in [5, 5.41) is 0. The Kier molecular flexibility index (Phi) is 12.0. The largest absolute Gasteiger partial charge is 1.00 e. The third-order valence-electron chi connectivity index (χ3n) is 0. The molecule has 7 heavy (non-hydrogen) atoms. The summed E-state index contributed by atoms with van der Waals surface area (Å²) in [5.74, 6) is 0. The van der Waals surface area contributed by atoms with E-state index in [1.165, 1.54) is 0 Å². The summed E-state index contributed by atoms with van der Waals surface area (Å²) < 4.78 is 31.6. The van der Waals surface area contributed by atoms with Crippen LogP contribution in [0.3, 0.4) is 0 Å². The number of hydrogen-bond donors (Lipinski definition) is 2. The molecule has 0 amide bonds. The van der Waals surface area contributed by atoms with Crippen molar-refractivity contribution in [1.82, 2.24) is 0 Å². The molecule has 0 aromatic heterocycles. The van der Waals surface area contributed by atoms with Crippen molar-refractivity contribution < 1.29 is 48.5 Å². The molecule has 0 rings (SSSR count). The molecule has 7 heteroatoms. The summed E-state index contributed by atoms with van der Waals surface area (Å²) in [7, 11) is -4.67. The molecule has 0 aromatic rings. The van der Waals surface area contributed by atoms with Crippen LogP contribution >= 0.6 is 13.5 Å². The first kappa shape index (κ1) is 15.7. The first-order valence-electron chi connectivity index (χ1n) is 0.698. The maximum Gasteiger partial charge on any atom is 1.00 e. The van der Waals surface area contributed by atoms with E-state index in [4.69, 9.17) is 17.5 Å². The van der Waals surface area contributed by atoms with Crippen molar-refractivity contribution in [2.45, 2.75) is 0 Å². The van der Waals surface area contributed by atoms with E-state index in [1.807, 2.05) is 0 Å². The van der Waals surface area contributed by atoms with Crippen molar-refractivity contribution in [1.29, 1.82) is 0 Å². The Morgan fingerprint density at radius 2 is 1.29 bits per heavy atom. The molecular formula is H5NaO4S2. The fourth-order valence-corrected chi connectivity index (χ4v) is 0. The molecule has 0 aromatic carbocycles. The van der Waals surface area contributed by atoms with Gasteiger partial charge in [0.15, 0.2) is 0 Å². The molecule has 0 aliphatic rings. The van der Waals surface area contributed by atoms with Crippen LogP contribution in [-0.4, -0.2) is 17.5 Å². The van der Waals surface area contributed by atoms with Gasteiger partial charge in [-0.15, -0.1) is 0 Å². The van der Waals surface area contributed by atoms with Gasteiger partial charge in [-0.2, -0.15) is 21.9 Å². The van der Waals surface area contributed by atoms with Gasteiger partial charge >= 0.3 is 40.0 Å². The molecule has 0 radical (unpaired) electrons. The van der Waals surface area contributed by atoms with Crippen LogP contribution < -0.4 is 29.6 Å². The zero-order chi connectivity index (χ0) is 4.50. The Balaban J connectivity index is -0.0000000267. The normalized spacial score (nSPS) is 8.29. The van der Waals surface area contributed by atoms with Gasteiger partial charge in [0.2, 0.25) is 0 Å².